The quantitative estimate of drug-likeness (QED) is 0.473. The van der Waals surface area contributed by atoms with Gasteiger partial charge in [-0.05, 0) is 31.9 Å². The van der Waals surface area contributed by atoms with Gasteiger partial charge in [0.25, 0.3) is 5.91 Å². The van der Waals surface area contributed by atoms with E-state index >= 15 is 0 Å². The normalized spacial score (nSPS) is 15.1. The number of hydrogen-bond donors (Lipinski definition) is 0. The van der Waals surface area contributed by atoms with Crippen LogP contribution in [0.5, 0.6) is 5.75 Å². The zero-order valence-electron chi connectivity index (χ0n) is 18.5. The molecule has 0 radical (unpaired) electrons. The Labute approximate surface area is 202 Å². The second-order valence-corrected chi connectivity index (χ2v) is 11.7. The van der Waals surface area contributed by atoms with Gasteiger partial charge in [-0.25, -0.2) is 13.4 Å². The molecule has 2 aromatic heterocycles. The molecule has 0 aliphatic carbocycles. The van der Waals surface area contributed by atoms with Crippen molar-refractivity contribution in [1.29, 1.82) is 0 Å². The van der Waals surface area contributed by atoms with Crippen molar-refractivity contribution in [2.24, 2.45) is 0 Å². The summed E-state index contributed by atoms with van der Waals surface area (Å²) in [6.45, 7) is 3.46. The fourth-order valence-electron chi connectivity index (χ4n) is 4.12. The molecule has 0 saturated carbocycles. The lowest BCUT2D eigenvalue weighted by Crippen LogP contribution is -2.38. The molecule has 3 aromatic rings. The third-order valence-corrected chi connectivity index (χ3v) is 8.91. The Balaban J connectivity index is 1.39. The highest BCUT2D eigenvalue weighted by Gasteiger charge is 2.29. The zero-order chi connectivity index (χ0) is 23.6. The summed E-state index contributed by atoms with van der Waals surface area (Å²) in [5.41, 5.74) is 1.52. The number of amides is 1. The average Bonchev–Trinajstić information content (AvgIpc) is 3.44. The number of likely N-dealkylation sites (tertiary alicyclic amines) is 1. The molecular weight excluding hydrogens is 482 g/mol. The number of halogens is 1. The number of ether oxygens (including phenoxy) is 1. The molecule has 0 N–H and O–H groups in total. The molecule has 1 amide bonds. The van der Waals surface area contributed by atoms with Crippen LogP contribution in [0.25, 0.3) is 0 Å². The number of methoxy groups -OCH3 is 1. The molecule has 7 nitrogen and oxygen atoms in total. The molecule has 1 saturated heterocycles. The van der Waals surface area contributed by atoms with Crippen molar-refractivity contribution in [2.45, 2.75) is 37.1 Å². The van der Waals surface area contributed by atoms with Crippen molar-refractivity contribution in [1.82, 2.24) is 14.5 Å². The van der Waals surface area contributed by atoms with E-state index < -0.39 is 9.84 Å². The van der Waals surface area contributed by atoms with E-state index in [9.17, 15) is 13.2 Å². The second-order valence-electron chi connectivity index (χ2n) is 8.13. The van der Waals surface area contributed by atoms with Crippen LogP contribution in [0.1, 0.15) is 40.5 Å². The zero-order valence-corrected chi connectivity index (χ0v) is 20.9. The van der Waals surface area contributed by atoms with E-state index in [1.807, 2.05) is 34.7 Å². The number of hydrogen-bond acceptors (Lipinski definition) is 6. The van der Waals surface area contributed by atoms with E-state index in [1.165, 1.54) is 18.4 Å². The van der Waals surface area contributed by atoms with Crippen molar-refractivity contribution in [2.75, 3.05) is 26.0 Å². The van der Waals surface area contributed by atoms with E-state index in [1.54, 1.807) is 23.7 Å². The predicted octanol–water partition coefficient (Wildman–Crippen LogP) is 4.41. The van der Waals surface area contributed by atoms with Crippen LogP contribution in [-0.2, 0) is 16.4 Å². The first-order chi connectivity index (χ1) is 15.8. The molecule has 1 aliphatic heterocycles. The van der Waals surface area contributed by atoms with Gasteiger partial charge in [0.2, 0.25) is 0 Å². The molecule has 33 heavy (non-hydrogen) atoms. The van der Waals surface area contributed by atoms with E-state index in [-0.39, 0.29) is 17.6 Å². The van der Waals surface area contributed by atoms with Crippen molar-refractivity contribution < 1.29 is 17.9 Å². The summed E-state index contributed by atoms with van der Waals surface area (Å²) in [5.74, 6) is 1.40. The Bertz CT molecular complexity index is 1230. The van der Waals surface area contributed by atoms with Crippen LogP contribution in [0, 0.1) is 6.92 Å². The lowest BCUT2D eigenvalue weighted by Gasteiger charge is -2.32. The summed E-state index contributed by atoms with van der Waals surface area (Å²) in [6, 6.07) is 6.93. The summed E-state index contributed by atoms with van der Waals surface area (Å²) >= 11 is 7.40. The minimum absolute atomic E-state index is 0.00939. The van der Waals surface area contributed by atoms with Crippen molar-refractivity contribution in [3.05, 3.63) is 63.3 Å². The summed E-state index contributed by atoms with van der Waals surface area (Å²) in [6.07, 6.45) is 5.06. The minimum atomic E-state index is -3.38. The largest absolute Gasteiger partial charge is 0.493 e. The number of benzene rings is 1. The Morgan fingerprint density at radius 2 is 1.94 bits per heavy atom. The third kappa shape index (κ3) is 5.10. The first kappa shape index (κ1) is 23.8. The molecule has 1 fully saturated rings. The molecule has 1 aliphatic rings. The molecule has 0 unspecified atom stereocenters. The van der Waals surface area contributed by atoms with Crippen LogP contribution in [0.2, 0.25) is 4.34 Å². The Hall–Kier alpha value is -2.36. The highest BCUT2D eigenvalue weighted by molar-refractivity contribution is 7.91. The number of carbonyl (C=O) groups is 1. The highest BCUT2D eigenvalue weighted by atomic mass is 35.5. The van der Waals surface area contributed by atoms with Gasteiger partial charge in [0.05, 0.1) is 23.3 Å². The van der Waals surface area contributed by atoms with Gasteiger partial charge in [-0.1, -0.05) is 29.3 Å². The number of nitrogens with zero attached hydrogens (tertiary/aromatic N) is 3. The number of rotatable bonds is 7. The van der Waals surface area contributed by atoms with Crippen LogP contribution in [-0.4, -0.2) is 54.7 Å². The fraction of sp³-hybridized carbons (Fsp3) is 0.391. The summed E-state index contributed by atoms with van der Waals surface area (Å²) < 4.78 is 33.2. The number of thiophene rings is 1. The SMILES string of the molecule is COc1c(C(=O)N2CCC(c3nccn3CCS(=O)(=O)c3ccc(C)cc3)CC2)csc1Cl. The van der Waals surface area contributed by atoms with Gasteiger partial charge in [-0.15, -0.1) is 11.3 Å². The van der Waals surface area contributed by atoms with Gasteiger partial charge in [-0.2, -0.15) is 0 Å². The highest BCUT2D eigenvalue weighted by Crippen LogP contribution is 2.37. The minimum Gasteiger partial charge on any atom is -0.493 e. The van der Waals surface area contributed by atoms with Crippen molar-refractivity contribution >= 4 is 38.7 Å². The fourth-order valence-corrected chi connectivity index (χ4v) is 6.39. The smallest absolute Gasteiger partial charge is 0.258 e. The average molecular weight is 508 g/mol. The van der Waals surface area contributed by atoms with Gasteiger partial charge >= 0.3 is 0 Å². The van der Waals surface area contributed by atoms with Crippen molar-refractivity contribution in [3.63, 3.8) is 0 Å². The van der Waals surface area contributed by atoms with Crippen LogP contribution in [0.3, 0.4) is 0 Å². The van der Waals surface area contributed by atoms with Gasteiger partial charge in [-0.3, -0.25) is 4.79 Å². The number of aromatic nitrogens is 2. The Morgan fingerprint density at radius 3 is 2.61 bits per heavy atom. The molecule has 3 heterocycles. The number of aryl methyl sites for hydroxylation is 2. The van der Waals surface area contributed by atoms with E-state index in [0.717, 1.165) is 24.2 Å². The van der Waals surface area contributed by atoms with E-state index in [4.69, 9.17) is 16.3 Å². The van der Waals surface area contributed by atoms with Crippen LogP contribution in [0.15, 0.2) is 46.9 Å². The summed E-state index contributed by atoms with van der Waals surface area (Å²) in [5, 5.41) is 1.73. The monoisotopic (exact) mass is 507 g/mol. The molecule has 1 aromatic carbocycles. The lowest BCUT2D eigenvalue weighted by atomic mass is 9.95. The molecule has 0 bridgehead atoms. The standard InChI is InChI=1S/C23H26ClN3O4S2/c1-16-3-5-18(6-4-16)33(29,30)14-13-26-12-9-25-22(26)17-7-10-27(11-8-17)23(28)19-15-32-21(24)20(19)31-2/h3-6,9,12,15,17H,7-8,10-11,13-14H2,1-2H3. The molecular formula is C23H26ClN3O4S2. The Kier molecular flexibility index (Phi) is 7.11. The van der Waals surface area contributed by atoms with Crippen LogP contribution < -0.4 is 4.74 Å². The first-order valence-electron chi connectivity index (χ1n) is 10.7. The number of piperidine rings is 1. The van der Waals surface area contributed by atoms with E-state index in [2.05, 4.69) is 4.98 Å². The van der Waals surface area contributed by atoms with Crippen LogP contribution in [0.4, 0.5) is 0 Å². The Morgan fingerprint density at radius 1 is 1.24 bits per heavy atom. The molecule has 0 atom stereocenters. The van der Waals surface area contributed by atoms with Gasteiger partial charge in [0, 0.05) is 43.3 Å². The maximum absolute atomic E-state index is 12.9. The molecule has 4 rings (SSSR count). The summed E-state index contributed by atoms with van der Waals surface area (Å²) in [4.78, 5) is 19.6. The first-order valence-corrected chi connectivity index (χ1v) is 13.6. The number of sulfone groups is 1. The van der Waals surface area contributed by atoms with Gasteiger partial charge in [0.1, 0.15) is 10.2 Å². The third-order valence-electron chi connectivity index (χ3n) is 6.01. The maximum Gasteiger partial charge on any atom is 0.258 e. The maximum atomic E-state index is 12.9. The van der Waals surface area contributed by atoms with Gasteiger partial charge < -0.3 is 14.2 Å². The molecule has 0 spiro atoms. The van der Waals surface area contributed by atoms with Crippen molar-refractivity contribution in [3.8, 4) is 5.75 Å². The summed E-state index contributed by atoms with van der Waals surface area (Å²) in [7, 11) is -1.87. The number of imidazole rings is 1. The topological polar surface area (TPSA) is 81.5 Å². The van der Waals surface area contributed by atoms with Gasteiger partial charge in [0.15, 0.2) is 15.6 Å². The molecule has 10 heteroatoms. The van der Waals surface area contributed by atoms with E-state index in [0.29, 0.717) is 40.2 Å². The molecule has 176 valence electrons. The number of carbonyl (C=O) groups excluding carboxylic acids is 1. The van der Waals surface area contributed by atoms with Crippen LogP contribution >= 0.6 is 22.9 Å². The lowest BCUT2D eigenvalue weighted by molar-refractivity contribution is 0.0707. The predicted molar refractivity (Wildman–Crippen MR) is 129 cm³/mol. The second kappa shape index (κ2) is 9.87.